The second-order valence-corrected chi connectivity index (χ2v) is 7.82. The molecule has 2 rings (SSSR count). The third kappa shape index (κ3) is 3.79. The Balaban J connectivity index is 2.31. The molecule has 1 fully saturated rings. The van der Waals surface area contributed by atoms with Gasteiger partial charge in [0.15, 0.2) is 5.78 Å². The van der Waals surface area contributed by atoms with Gasteiger partial charge in [-0.2, -0.15) is 0 Å². The monoisotopic (exact) mass is 333 g/mol. The fourth-order valence-electron chi connectivity index (χ4n) is 2.43. The summed E-state index contributed by atoms with van der Waals surface area (Å²) in [6, 6.07) is 3.57. The van der Waals surface area contributed by atoms with Crippen molar-refractivity contribution in [1.29, 1.82) is 0 Å². The molecule has 0 bridgehead atoms. The van der Waals surface area contributed by atoms with Gasteiger partial charge in [0.2, 0.25) is 15.0 Å². The summed E-state index contributed by atoms with van der Waals surface area (Å²) in [5.74, 6) is -2.01. The number of nitrogens with zero attached hydrogens (tertiary/aromatic N) is 1. The van der Waals surface area contributed by atoms with Gasteiger partial charge in [0, 0.05) is 35.1 Å². The van der Waals surface area contributed by atoms with Crippen molar-refractivity contribution in [3.63, 3.8) is 0 Å². The number of anilines is 1. The average Bonchev–Trinajstić information content (AvgIpc) is 2.67. The number of amides is 1. The first-order valence-corrected chi connectivity index (χ1v) is 8.68. The van der Waals surface area contributed by atoms with Crippen molar-refractivity contribution in [3.05, 3.63) is 29.6 Å². The predicted molar refractivity (Wildman–Crippen MR) is 76.5 cm³/mol. The first-order valence-electron chi connectivity index (χ1n) is 6.20. The van der Waals surface area contributed by atoms with Gasteiger partial charge in [-0.25, -0.2) is 12.8 Å². The van der Waals surface area contributed by atoms with Crippen LogP contribution in [0.3, 0.4) is 0 Å². The van der Waals surface area contributed by atoms with Gasteiger partial charge in [-0.15, -0.1) is 0 Å². The quantitative estimate of drug-likeness (QED) is 0.623. The van der Waals surface area contributed by atoms with E-state index in [1.54, 1.807) is 0 Å². The minimum Gasteiger partial charge on any atom is -0.311 e. The molecule has 1 amide bonds. The molecule has 1 saturated heterocycles. The van der Waals surface area contributed by atoms with Crippen molar-refractivity contribution in [1.82, 2.24) is 0 Å². The van der Waals surface area contributed by atoms with Crippen LogP contribution in [0.2, 0.25) is 0 Å². The smallest absolute Gasteiger partial charge is 0.232 e. The van der Waals surface area contributed by atoms with E-state index in [-0.39, 0.29) is 36.0 Å². The maximum Gasteiger partial charge on any atom is 0.232 e. The Morgan fingerprint density at radius 2 is 2.14 bits per heavy atom. The van der Waals surface area contributed by atoms with Crippen molar-refractivity contribution < 1.29 is 22.4 Å². The Morgan fingerprint density at radius 3 is 2.71 bits per heavy atom. The van der Waals surface area contributed by atoms with Crippen LogP contribution >= 0.6 is 10.7 Å². The summed E-state index contributed by atoms with van der Waals surface area (Å²) in [4.78, 5) is 24.9. The summed E-state index contributed by atoms with van der Waals surface area (Å²) in [6.07, 6.45) is 0.0284. The number of ketones is 1. The zero-order chi connectivity index (χ0) is 15.8. The number of carbonyl (C=O) groups excluding carboxylic acids is 2. The van der Waals surface area contributed by atoms with Crippen LogP contribution in [0.5, 0.6) is 0 Å². The van der Waals surface area contributed by atoms with Gasteiger partial charge in [0.05, 0.1) is 11.4 Å². The van der Waals surface area contributed by atoms with E-state index in [9.17, 15) is 22.4 Å². The molecule has 1 aliphatic heterocycles. The maximum atomic E-state index is 13.2. The van der Waals surface area contributed by atoms with Crippen molar-refractivity contribution in [3.8, 4) is 0 Å². The zero-order valence-electron chi connectivity index (χ0n) is 11.2. The van der Waals surface area contributed by atoms with Crippen LogP contribution < -0.4 is 4.90 Å². The molecular weight excluding hydrogens is 321 g/mol. The summed E-state index contributed by atoms with van der Waals surface area (Å²) in [7, 11) is 1.49. The minimum atomic E-state index is -3.70. The lowest BCUT2D eigenvalue weighted by molar-refractivity contribution is -0.117. The van der Waals surface area contributed by atoms with Crippen molar-refractivity contribution >= 4 is 37.1 Å². The number of hydrogen-bond acceptors (Lipinski definition) is 4. The van der Waals surface area contributed by atoms with E-state index < -0.39 is 20.8 Å². The second kappa shape index (κ2) is 5.73. The normalized spacial score (nSPS) is 19.1. The number of carbonyl (C=O) groups is 2. The van der Waals surface area contributed by atoms with E-state index in [0.717, 1.165) is 12.1 Å². The first kappa shape index (κ1) is 15.9. The van der Waals surface area contributed by atoms with Crippen molar-refractivity contribution in [2.45, 2.75) is 13.3 Å². The standard InChI is InChI=1S/C13H13ClFNO4S/c1-8(17)11-5-10(15)2-3-12(11)16-6-9(4-13(16)18)7-21(14,19)20/h2-3,5,9H,4,6-7H2,1H3. The first-order chi connectivity index (χ1) is 9.67. The molecule has 0 radical (unpaired) electrons. The fraction of sp³-hybridized carbons (Fsp3) is 0.385. The van der Waals surface area contributed by atoms with E-state index in [2.05, 4.69) is 0 Å². The van der Waals surface area contributed by atoms with E-state index in [1.165, 1.54) is 17.9 Å². The Kier molecular flexibility index (Phi) is 4.34. The van der Waals surface area contributed by atoms with Crippen LogP contribution in [0.25, 0.3) is 0 Å². The average molecular weight is 334 g/mol. The topological polar surface area (TPSA) is 71.5 Å². The third-order valence-electron chi connectivity index (χ3n) is 3.27. The lowest BCUT2D eigenvalue weighted by Gasteiger charge is -2.19. The zero-order valence-corrected chi connectivity index (χ0v) is 12.7. The van der Waals surface area contributed by atoms with Crippen LogP contribution in [0.1, 0.15) is 23.7 Å². The van der Waals surface area contributed by atoms with Crippen LogP contribution in [-0.2, 0) is 13.8 Å². The largest absolute Gasteiger partial charge is 0.311 e. The van der Waals surface area contributed by atoms with Gasteiger partial charge < -0.3 is 4.90 Å². The van der Waals surface area contributed by atoms with Gasteiger partial charge in [0.1, 0.15) is 5.82 Å². The molecule has 0 aliphatic carbocycles. The van der Waals surface area contributed by atoms with Crippen LogP contribution in [0, 0.1) is 11.7 Å². The van der Waals surface area contributed by atoms with Gasteiger partial charge in [-0.3, -0.25) is 9.59 Å². The summed E-state index contributed by atoms with van der Waals surface area (Å²) >= 11 is 0. The number of benzene rings is 1. The molecule has 8 heteroatoms. The second-order valence-electron chi connectivity index (χ2n) is 5.00. The Morgan fingerprint density at radius 1 is 1.48 bits per heavy atom. The van der Waals surface area contributed by atoms with Gasteiger partial charge >= 0.3 is 0 Å². The highest BCUT2D eigenvalue weighted by Crippen LogP contribution is 2.30. The van der Waals surface area contributed by atoms with Crippen molar-refractivity contribution in [2.75, 3.05) is 17.2 Å². The van der Waals surface area contributed by atoms with Crippen LogP contribution in [0.15, 0.2) is 18.2 Å². The summed E-state index contributed by atoms with van der Waals surface area (Å²) in [5, 5.41) is 0. The SMILES string of the molecule is CC(=O)c1cc(F)ccc1N1CC(CS(=O)(=O)Cl)CC1=O. The van der Waals surface area contributed by atoms with E-state index in [4.69, 9.17) is 10.7 Å². The molecule has 1 aromatic rings. The molecule has 114 valence electrons. The number of hydrogen-bond donors (Lipinski definition) is 0. The third-order valence-corrected chi connectivity index (χ3v) is 4.52. The van der Waals surface area contributed by atoms with Crippen molar-refractivity contribution in [2.24, 2.45) is 5.92 Å². The molecule has 21 heavy (non-hydrogen) atoms. The molecule has 0 aromatic heterocycles. The van der Waals surface area contributed by atoms with Crippen LogP contribution in [-0.4, -0.2) is 32.4 Å². The Bertz CT molecular complexity index is 704. The highest BCUT2D eigenvalue weighted by Gasteiger charge is 2.34. The highest BCUT2D eigenvalue weighted by molar-refractivity contribution is 8.13. The lowest BCUT2D eigenvalue weighted by atomic mass is 10.1. The molecule has 1 atom stereocenters. The Labute approximate surface area is 126 Å². The van der Waals surface area contributed by atoms with E-state index >= 15 is 0 Å². The maximum absolute atomic E-state index is 13.2. The Hall–Kier alpha value is -1.47. The van der Waals surface area contributed by atoms with Crippen LogP contribution in [0.4, 0.5) is 10.1 Å². The summed E-state index contributed by atoms with van der Waals surface area (Å²) in [5.41, 5.74) is 0.390. The highest BCUT2D eigenvalue weighted by atomic mass is 35.7. The molecule has 1 unspecified atom stereocenters. The number of Topliss-reactive ketones (excluding diaryl/α,β-unsaturated/α-hetero) is 1. The molecule has 0 N–H and O–H groups in total. The van der Waals surface area contributed by atoms with E-state index in [1.807, 2.05) is 0 Å². The minimum absolute atomic E-state index is 0.0284. The molecule has 5 nitrogen and oxygen atoms in total. The number of rotatable bonds is 4. The molecule has 1 aliphatic rings. The predicted octanol–water partition coefficient (Wildman–Crippen LogP) is 1.95. The van der Waals surface area contributed by atoms with Gasteiger partial charge in [0.25, 0.3) is 0 Å². The lowest BCUT2D eigenvalue weighted by Crippen LogP contribution is -2.27. The molecular formula is C13H13ClFNO4S. The van der Waals surface area contributed by atoms with Gasteiger partial charge in [-0.05, 0) is 25.1 Å². The molecule has 1 aromatic carbocycles. The molecule has 0 saturated carbocycles. The summed E-state index contributed by atoms with van der Waals surface area (Å²) in [6.45, 7) is 1.41. The fourth-order valence-corrected chi connectivity index (χ4v) is 3.75. The summed E-state index contributed by atoms with van der Waals surface area (Å²) < 4.78 is 35.4. The van der Waals surface area contributed by atoms with E-state index in [0.29, 0.717) is 5.69 Å². The molecule has 1 heterocycles. The number of halogens is 2. The molecule has 0 spiro atoms. The van der Waals surface area contributed by atoms with Gasteiger partial charge in [-0.1, -0.05) is 0 Å².